The van der Waals surface area contributed by atoms with Gasteiger partial charge in [-0.2, -0.15) is 0 Å². The average molecular weight is 375 g/mol. The summed E-state index contributed by atoms with van der Waals surface area (Å²) in [6.07, 6.45) is -0.765. The molecule has 0 heterocycles. The molecule has 0 aliphatic rings. The van der Waals surface area contributed by atoms with Crippen LogP contribution in [0.15, 0.2) is 46.9 Å². The van der Waals surface area contributed by atoms with Gasteiger partial charge in [0, 0.05) is 16.0 Å². The topological polar surface area (TPSA) is 41.5 Å². The van der Waals surface area contributed by atoms with E-state index < -0.39 is 6.10 Å². The van der Waals surface area contributed by atoms with Crippen molar-refractivity contribution in [3.63, 3.8) is 0 Å². The lowest BCUT2D eigenvalue weighted by Gasteiger charge is -2.14. The SMILES string of the molecule is OC(CNc1cc(Br)ccc1F)COc1ccc(Cl)cc1. The largest absolute Gasteiger partial charge is 0.491 e. The number of aliphatic hydroxyl groups excluding tert-OH is 1. The van der Waals surface area contributed by atoms with Gasteiger partial charge in [0.1, 0.15) is 24.3 Å². The van der Waals surface area contributed by atoms with Crippen LogP contribution in [0.4, 0.5) is 10.1 Å². The highest BCUT2D eigenvalue weighted by Crippen LogP contribution is 2.20. The van der Waals surface area contributed by atoms with Gasteiger partial charge >= 0.3 is 0 Å². The van der Waals surface area contributed by atoms with E-state index in [4.69, 9.17) is 16.3 Å². The second-order valence-electron chi connectivity index (χ2n) is 4.42. The predicted octanol–water partition coefficient (Wildman–Crippen LogP) is 4.09. The van der Waals surface area contributed by atoms with Gasteiger partial charge in [0.05, 0.1) is 5.69 Å². The van der Waals surface area contributed by atoms with E-state index in [1.54, 1.807) is 36.4 Å². The minimum absolute atomic E-state index is 0.101. The normalized spacial score (nSPS) is 12.0. The van der Waals surface area contributed by atoms with Gasteiger partial charge in [-0.25, -0.2) is 4.39 Å². The Hall–Kier alpha value is -1.30. The van der Waals surface area contributed by atoms with E-state index in [1.807, 2.05) is 0 Å². The third-order valence-electron chi connectivity index (χ3n) is 2.71. The molecule has 3 nitrogen and oxygen atoms in total. The number of anilines is 1. The van der Waals surface area contributed by atoms with Gasteiger partial charge in [-0.1, -0.05) is 27.5 Å². The Morgan fingerprint density at radius 1 is 1.24 bits per heavy atom. The van der Waals surface area contributed by atoms with Crippen LogP contribution in [0.5, 0.6) is 5.75 Å². The van der Waals surface area contributed by atoms with Crippen molar-refractivity contribution in [2.45, 2.75) is 6.10 Å². The summed E-state index contributed by atoms with van der Waals surface area (Å²) in [5.74, 6) is 0.246. The van der Waals surface area contributed by atoms with Crippen LogP contribution in [-0.4, -0.2) is 24.4 Å². The Kier molecular flexibility index (Phi) is 5.85. The van der Waals surface area contributed by atoms with Crippen molar-refractivity contribution in [3.05, 3.63) is 57.8 Å². The molecule has 2 aromatic rings. The van der Waals surface area contributed by atoms with E-state index in [-0.39, 0.29) is 19.0 Å². The molecule has 2 rings (SSSR count). The molecule has 112 valence electrons. The Bertz CT molecular complexity index is 595. The lowest BCUT2D eigenvalue weighted by molar-refractivity contribution is 0.117. The molecular weight excluding hydrogens is 361 g/mol. The number of halogens is 3. The molecule has 2 N–H and O–H groups in total. The predicted molar refractivity (Wildman–Crippen MR) is 85.5 cm³/mol. The number of ether oxygens (including phenoxy) is 1. The van der Waals surface area contributed by atoms with E-state index >= 15 is 0 Å². The van der Waals surface area contributed by atoms with Gasteiger partial charge in [-0.15, -0.1) is 0 Å². The zero-order valence-corrected chi connectivity index (χ0v) is 13.4. The molecule has 0 aromatic heterocycles. The second-order valence-corrected chi connectivity index (χ2v) is 5.78. The first-order valence-electron chi connectivity index (χ1n) is 6.30. The van der Waals surface area contributed by atoms with Gasteiger partial charge in [-0.05, 0) is 42.5 Å². The maximum atomic E-state index is 13.5. The highest BCUT2D eigenvalue weighted by Gasteiger charge is 2.08. The zero-order chi connectivity index (χ0) is 15.2. The molecule has 0 fully saturated rings. The van der Waals surface area contributed by atoms with Gasteiger partial charge in [0.2, 0.25) is 0 Å². The first-order valence-corrected chi connectivity index (χ1v) is 7.47. The minimum atomic E-state index is -0.765. The van der Waals surface area contributed by atoms with Gasteiger partial charge in [0.15, 0.2) is 0 Å². The number of hydrogen-bond donors (Lipinski definition) is 2. The number of rotatable bonds is 6. The Labute approximate surface area is 135 Å². The summed E-state index contributed by atoms with van der Waals surface area (Å²) in [4.78, 5) is 0. The van der Waals surface area contributed by atoms with Crippen molar-refractivity contribution < 1.29 is 14.2 Å². The number of nitrogens with one attached hydrogen (secondary N) is 1. The summed E-state index contributed by atoms with van der Waals surface area (Å²) in [6.45, 7) is 0.283. The third kappa shape index (κ3) is 5.19. The molecule has 6 heteroatoms. The molecular formula is C15H14BrClFNO2. The van der Waals surface area contributed by atoms with Crippen LogP contribution in [0.25, 0.3) is 0 Å². The van der Waals surface area contributed by atoms with E-state index in [9.17, 15) is 9.50 Å². The lowest BCUT2D eigenvalue weighted by atomic mass is 10.3. The van der Waals surface area contributed by atoms with E-state index in [1.165, 1.54) is 6.07 Å². The fourth-order valence-electron chi connectivity index (χ4n) is 1.64. The van der Waals surface area contributed by atoms with Crippen molar-refractivity contribution in [2.24, 2.45) is 0 Å². The highest BCUT2D eigenvalue weighted by atomic mass is 79.9. The van der Waals surface area contributed by atoms with Crippen LogP contribution >= 0.6 is 27.5 Å². The molecule has 0 spiro atoms. The first-order chi connectivity index (χ1) is 10.0. The number of aliphatic hydroxyl groups is 1. The van der Waals surface area contributed by atoms with Crippen LogP contribution in [0, 0.1) is 5.82 Å². The molecule has 0 aliphatic carbocycles. The fraction of sp³-hybridized carbons (Fsp3) is 0.200. The van der Waals surface area contributed by atoms with Crippen molar-refractivity contribution in [2.75, 3.05) is 18.5 Å². The zero-order valence-electron chi connectivity index (χ0n) is 11.0. The van der Waals surface area contributed by atoms with Crippen molar-refractivity contribution >= 4 is 33.2 Å². The average Bonchev–Trinajstić information content (AvgIpc) is 2.47. The monoisotopic (exact) mass is 373 g/mol. The molecule has 0 saturated heterocycles. The summed E-state index contributed by atoms with van der Waals surface area (Å²) < 4.78 is 19.7. The van der Waals surface area contributed by atoms with Crippen molar-refractivity contribution in [1.82, 2.24) is 0 Å². The number of hydrogen-bond acceptors (Lipinski definition) is 3. The Morgan fingerprint density at radius 3 is 2.67 bits per heavy atom. The summed E-state index contributed by atoms with van der Waals surface area (Å²) in [5.41, 5.74) is 0.329. The molecule has 0 bridgehead atoms. The summed E-state index contributed by atoms with van der Waals surface area (Å²) in [5, 5.41) is 13.3. The molecule has 1 atom stereocenters. The van der Waals surface area contributed by atoms with Crippen molar-refractivity contribution in [3.8, 4) is 5.75 Å². The van der Waals surface area contributed by atoms with Crippen LogP contribution < -0.4 is 10.1 Å². The summed E-state index contributed by atoms with van der Waals surface area (Å²) >= 11 is 9.03. The fourth-order valence-corrected chi connectivity index (χ4v) is 2.13. The second kappa shape index (κ2) is 7.64. The van der Waals surface area contributed by atoms with E-state index in [0.29, 0.717) is 16.5 Å². The standard InChI is InChI=1S/C15H14BrClFNO2/c16-10-1-6-14(18)15(7-10)19-8-12(20)9-21-13-4-2-11(17)3-5-13/h1-7,12,19-20H,8-9H2. The Morgan fingerprint density at radius 2 is 1.95 bits per heavy atom. The lowest BCUT2D eigenvalue weighted by Crippen LogP contribution is -2.26. The van der Waals surface area contributed by atoms with Crippen LogP contribution in [0.1, 0.15) is 0 Å². The third-order valence-corrected chi connectivity index (χ3v) is 3.46. The van der Waals surface area contributed by atoms with Crippen molar-refractivity contribution in [1.29, 1.82) is 0 Å². The quantitative estimate of drug-likeness (QED) is 0.800. The molecule has 0 amide bonds. The molecule has 21 heavy (non-hydrogen) atoms. The molecule has 2 aromatic carbocycles. The van der Waals surface area contributed by atoms with Crippen LogP contribution in [0.2, 0.25) is 5.02 Å². The first kappa shape index (κ1) is 16.1. The summed E-state index contributed by atoms with van der Waals surface area (Å²) in [6, 6.07) is 11.4. The highest BCUT2D eigenvalue weighted by molar-refractivity contribution is 9.10. The van der Waals surface area contributed by atoms with Crippen LogP contribution in [0.3, 0.4) is 0 Å². The molecule has 0 aliphatic heterocycles. The summed E-state index contributed by atoms with van der Waals surface area (Å²) in [7, 11) is 0. The smallest absolute Gasteiger partial charge is 0.146 e. The maximum absolute atomic E-state index is 13.5. The molecule has 1 unspecified atom stereocenters. The molecule has 0 radical (unpaired) electrons. The number of benzene rings is 2. The maximum Gasteiger partial charge on any atom is 0.146 e. The van der Waals surface area contributed by atoms with Gasteiger partial charge in [0.25, 0.3) is 0 Å². The minimum Gasteiger partial charge on any atom is -0.491 e. The van der Waals surface area contributed by atoms with Gasteiger partial charge < -0.3 is 15.2 Å². The molecule has 0 saturated carbocycles. The van der Waals surface area contributed by atoms with E-state index in [0.717, 1.165) is 4.47 Å². The van der Waals surface area contributed by atoms with Crippen LogP contribution in [-0.2, 0) is 0 Å². The Balaban J connectivity index is 1.80. The van der Waals surface area contributed by atoms with Gasteiger partial charge in [-0.3, -0.25) is 0 Å². The van der Waals surface area contributed by atoms with E-state index in [2.05, 4.69) is 21.2 Å².